The maximum absolute atomic E-state index is 14.0. The number of allylic oxidation sites excluding steroid dienone is 4. The molecule has 4 heterocycles. The molecule has 3 fully saturated rings. The van der Waals surface area contributed by atoms with Gasteiger partial charge < -0.3 is 18.9 Å². The molecule has 0 aliphatic carbocycles. The summed E-state index contributed by atoms with van der Waals surface area (Å²) in [5, 5.41) is 0. The summed E-state index contributed by atoms with van der Waals surface area (Å²) in [6, 6.07) is 0. The highest BCUT2D eigenvalue weighted by atomic mass is 16.7. The van der Waals surface area contributed by atoms with E-state index in [1.165, 1.54) is 11.1 Å². The molecule has 1 spiro atoms. The Morgan fingerprint density at radius 1 is 0.977 bits per heavy atom. The molecule has 44 heavy (non-hydrogen) atoms. The molecule has 12 atom stereocenters. The Hall–Kier alpha value is -1.43. The Balaban J connectivity index is 0.00000162. The number of esters is 1. The molecular formula is C39H68O5. The van der Waals surface area contributed by atoms with E-state index in [-0.39, 0.29) is 36.3 Å². The van der Waals surface area contributed by atoms with Crippen LogP contribution in [0.1, 0.15) is 129 Å². The molecule has 254 valence electrons. The molecule has 0 saturated carbocycles. The molecule has 0 aromatic heterocycles. The fourth-order valence-electron chi connectivity index (χ4n) is 7.55. The fourth-order valence-corrected chi connectivity index (χ4v) is 7.55. The molecule has 2 bridgehead atoms. The SMILES string of the molecule is CC.CC.CCC(C)C1OC/C2=C\C=C\C(C)C(C)/C(C)=C/CC3CC(CC4(CC(C)C(C)C(C)O4)O3)OC(=O)C(C)C21C. The summed E-state index contributed by atoms with van der Waals surface area (Å²) in [4.78, 5) is 14.0. The lowest BCUT2D eigenvalue weighted by atomic mass is 9.66. The zero-order valence-corrected chi connectivity index (χ0v) is 30.9. The van der Waals surface area contributed by atoms with Crippen LogP contribution in [-0.4, -0.2) is 42.8 Å². The Morgan fingerprint density at radius 2 is 1.64 bits per heavy atom. The number of rotatable bonds is 2. The van der Waals surface area contributed by atoms with Gasteiger partial charge in [-0.2, -0.15) is 0 Å². The van der Waals surface area contributed by atoms with Crippen molar-refractivity contribution in [2.45, 2.75) is 159 Å². The maximum Gasteiger partial charge on any atom is 0.309 e. The molecule has 0 aromatic carbocycles. The van der Waals surface area contributed by atoms with E-state index in [2.05, 4.69) is 86.6 Å². The van der Waals surface area contributed by atoms with Gasteiger partial charge >= 0.3 is 5.97 Å². The summed E-state index contributed by atoms with van der Waals surface area (Å²) in [5.74, 6) is 0.899. The highest BCUT2D eigenvalue weighted by molar-refractivity contribution is 5.74. The average Bonchev–Trinajstić information content (AvgIpc) is 3.35. The number of fused-ring (bicyclic) bond motifs is 3. The van der Waals surface area contributed by atoms with Gasteiger partial charge in [0.2, 0.25) is 0 Å². The minimum atomic E-state index is -0.706. The van der Waals surface area contributed by atoms with Crippen LogP contribution in [0.4, 0.5) is 0 Å². The molecule has 4 aliphatic rings. The van der Waals surface area contributed by atoms with Gasteiger partial charge in [-0.1, -0.05) is 119 Å². The van der Waals surface area contributed by atoms with Crippen molar-refractivity contribution in [3.8, 4) is 0 Å². The van der Waals surface area contributed by atoms with Crippen LogP contribution in [0.25, 0.3) is 0 Å². The molecule has 4 aliphatic heterocycles. The van der Waals surface area contributed by atoms with Crippen molar-refractivity contribution >= 4 is 5.97 Å². The average molecular weight is 617 g/mol. The number of carbonyl (C=O) groups excluding carboxylic acids is 1. The van der Waals surface area contributed by atoms with Crippen molar-refractivity contribution < 1.29 is 23.7 Å². The second kappa shape index (κ2) is 16.9. The molecule has 0 aromatic rings. The molecule has 12 unspecified atom stereocenters. The lowest BCUT2D eigenvalue weighted by Gasteiger charge is -2.51. The van der Waals surface area contributed by atoms with Crippen molar-refractivity contribution in [1.82, 2.24) is 0 Å². The van der Waals surface area contributed by atoms with Crippen molar-refractivity contribution in [3.63, 3.8) is 0 Å². The Kier molecular flexibility index (Phi) is 14.9. The Morgan fingerprint density at radius 3 is 2.25 bits per heavy atom. The van der Waals surface area contributed by atoms with E-state index in [0.717, 1.165) is 19.3 Å². The van der Waals surface area contributed by atoms with Gasteiger partial charge in [0.1, 0.15) is 6.10 Å². The fraction of sp³-hybridized carbons (Fsp3) is 0.821. The molecule has 0 amide bonds. The topological polar surface area (TPSA) is 54.0 Å². The predicted molar refractivity (Wildman–Crippen MR) is 183 cm³/mol. The second-order valence-corrected chi connectivity index (χ2v) is 14.0. The number of ether oxygens (including phenoxy) is 4. The van der Waals surface area contributed by atoms with Crippen LogP contribution in [0.2, 0.25) is 0 Å². The quantitative estimate of drug-likeness (QED) is 0.228. The molecular weight excluding hydrogens is 548 g/mol. The van der Waals surface area contributed by atoms with Gasteiger partial charge in [0.15, 0.2) is 5.79 Å². The summed E-state index contributed by atoms with van der Waals surface area (Å²) in [5.41, 5.74) is 2.13. The van der Waals surface area contributed by atoms with Crippen LogP contribution in [0.3, 0.4) is 0 Å². The first-order valence-electron chi connectivity index (χ1n) is 18.0. The summed E-state index contributed by atoms with van der Waals surface area (Å²) in [7, 11) is 0. The summed E-state index contributed by atoms with van der Waals surface area (Å²) in [6.07, 6.45) is 12.7. The normalized spacial score (nSPS) is 45.0. The Labute approximate surface area is 271 Å². The molecule has 4 rings (SSSR count). The highest BCUT2D eigenvalue weighted by Crippen LogP contribution is 2.50. The maximum atomic E-state index is 14.0. The minimum Gasteiger partial charge on any atom is -0.462 e. The van der Waals surface area contributed by atoms with Crippen LogP contribution in [0.15, 0.2) is 35.5 Å². The van der Waals surface area contributed by atoms with Gasteiger partial charge in [-0.3, -0.25) is 4.79 Å². The largest absolute Gasteiger partial charge is 0.462 e. The van der Waals surface area contributed by atoms with Crippen molar-refractivity contribution in [2.24, 2.45) is 40.9 Å². The summed E-state index contributed by atoms with van der Waals surface area (Å²) in [6.45, 7) is 30.8. The molecule has 0 radical (unpaired) electrons. The van der Waals surface area contributed by atoms with Gasteiger partial charge in [-0.25, -0.2) is 0 Å². The van der Waals surface area contributed by atoms with Crippen LogP contribution >= 0.6 is 0 Å². The van der Waals surface area contributed by atoms with Crippen molar-refractivity contribution in [3.05, 3.63) is 35.5 Å². The first-order chi connectivity index (χ1) is 20.8. The molecule has 0 N–H and O–H groups in total. The third-order valence-electron chi connectivity index (χ3n) is 11.4. The van der Waals surface area contributed by atoms with E-state index in [1.54, 1.807) is 0 Å². The van der Waals surface area contributed by atoms with E-state index in [0.29, 0.717) is 49.0 Å². The smallest absolute Gasteiger partial charge is 0.309 e. The summed E-state index contributed by atoms with van der Waals surface area (Å²) >= 11 is 0. The first kappa shape index (κ1) is 38.8. The van der Waals surface area contributed by atoms with Gasteiger partial charge in [0, 0.05) is 24.7 Å². The van der Waals surface area contributed by atoms with Gasteiger partial charge in [0.25, 0.3) is 0 Å². The van der Waals surface area contributed by atoms with Gasteiger partial charge in [0.05, 0.1) is 30.8 Å². The molecule has 5 nitrogen and oxygen atoms in total. The van der Waals surface area contributed by atoms with E-state index < -0.39 is 11.2 Å². The van der Waals surface area contributed by atoms with Crippen LogP contribution in [-0.2, 0) is 23.7 Å². The lowest BCUT2D eigenvalue weighted by Crippen LogP contribution is -2.55. The lowest BCUT2D eigenvalue weighted by molar-refractivity contribution is -0.340. The van der Waals surface area contributed by atoms with Crippen LogP contribution in [0, 0.1) is 40.9 Å². The minimum absolute atomic E-state index is 0.0289. The molecule has 3 saturated heterocycles. The number of carbonyl (C=O) groups is 1. The second-order valence-electron chi connectivity index (χ2n) is 14.0. The van der Waals surface area contributed by atoms with Gasteiger partial charge in [-0.15, -0.1) is 0 Å². The van der Waals surface area contributed by atoms with E-state index in [1.807, 2.05) is 34.6 Å². The summed E-state index contributed by atoms with van der Waals surface area (Å²) < 4.78 is 26.3. The molecule has 5 heteroatoms. The third-order valence-corrected chi connectivity index (χ3v) is 11.4. The third kappa shape index (κ3) is 8.48. The van der Waals surface area contributed by atoms with E-state index in [4.69, 9.17) is 18.9 Å². The number of hydrogen-bond acceptors (Lipinski definition) is 5. The van der Waals surface area contributed by atoms with Crippen molar-refractivity contribution in [1.29, 1.82) is 0 Å². The standard InChI is InChI=1S/C35H56O5.2C2H6/c1-11-21(2)32-34(10)27(8)33(36)38-31-17-30(40-35(19-31)18-24(5)26(7)28(9)39-35)16-15-23(4)25(6)22(3)13-12-14-29(34)20-37-32;2*1-2/h12-15,21-22,24-28,30-32H,11,16-20H2,1-10H3;2*1-2H3/b13-12+,23-15+,29-14+;;. The number of hydrogen-bond donors (Lipinski definition) is 0. The van der Waals surface area contributed by atoms with E-state index in [9.17, 15) is 4.79 Å². The van der Waals surface area contributed by atoms with Gasteiger partial charge in [-0.05, 0) is 55.4 Å². The Bertz CT molecular complexity index is 984. The van der Waals surface area contributed by atoms with Crippen LogP contribution < -0.4 is 0 Å². The zero-order chi connectivity index (χ0) is 33.4. The zero-order valence-electron chi connectivity index (χ0n) is 30.9. The van der Waals surface area contributed by atoms with Crippen molar-refractivity contribution in [2.75, 3.05) is 6.61 Å². The van der Waals surface area contributed by atoms with Crippen LogP contribution in [0.5, 0.6) is 0 Å². The predicted octanol–water partition coefficient (Wildman–Crippen LogP) is 10.1. The van der Waals surface area contributed by atoms with E-state index >= 15 is 0 Å². The first-order valence-corrected chi connectivity index (χ1v) is 18.0. The highest BCUT2D eigenvalue weighted by Gasteiger charge is 2.54. The monoisotopic (exact) mass is 617 g/mol.